The SMILES string of the molecule is CCCCCCCCCCCCCC=CS(=O)O. The summed E-state index contributed by atoms with van der Waals surface area (Å²) in [6, 6.07) is 0. The van der Waals surface area contributed by atoms with Gasteiger partial charge in [-0.05, 0) is 12.8 Å². The summed E-state index contributed by atoms with van der Waals surface area (Å²) in [5.74, 6) is 0. The van der Waals surface area contributed by atoms with Gasteiger partial charge in [0.25, 0.3) is 0 Å². The fourth-order valence-electron chi connectivity index (χ4n) is 2.08. The minimum absolute atomic E-state index is 0.934. The normalized spacial score (nSPS) is 13.2. The Labute approximate surface area is 116 Å². The van der Waals surface area contributed by atoms with Gasteiger partial charge in [0.15, 0.2) is 11.1 Å². The Morgan fingerprint density at radius 2 is 1.28 bits per heavy atom. The van der Waals surface area contributed by atoms with E-state index in [2.05, 4.69) is 6.92 Å². The molecule has 0 aromatic rings. The first kappa shape index (κ1) is 17.8. The summed E-state index contributed by atoms with van der Waals surface area (Å²) in [6.07, 6.45) is 17.5. The summed E-state index contributed by atoms with van der Waals surface area (Å²) in [5.41, 5.74) is 0. The quantitative estimate of drug-likeness (QED) is 0.359. The zero-order valence-corrected chi connectivity index (χ0v) is 12.7. The number of rotatable bonds is 13. The van der Waals surface area contributed by atoms with Crippen molar-refractivity contribution in [3.8, 4) is 0 Å². The maximum atomic E-state index is 10.3. The second-order valence-electron chi connectivity index (χ2n) is 4.97. The van der Waals surface area contributed by atoms with Gasteiger partial charge in [0.1, 0.15) is 0 Å². The van der Waals surface area contributed by atoms with Gasteiger partial charge in [-0.3, -0.25) is 0 Å². The summed E-state index contributed by atoms with van der Waals surface area (Å²) in [5, 5.41) is 1.36. The molecule has 1 unspecified atom stereocenters. The van der Waals surface area contributed by atoms with Crippen LogP contribution in [0.1, 0.15) is 84.0 Å². The van der Waals surface area contributed by atoms with Crippen molar-refractivity contribution in [2.45, 2.75) is 84.0 Å². The molecule has 0 aliphatic carbocycles. The van der Waals surface area contributed by atoms with Gasteiger partial charge in [0.2, 0.25) is 0 Å². The largest absolute Gasteiger partial charge is 0.303 e. The molecule has 0 bridgehead atoms. The lowest BCUT2D eigenvalue weighted by Gasteiger charge is -2.01. The van der Waals surface area contributed by atoms with Gasteiger partial charge in [-0.25, -0.2) is 4.21 Å². The first-order valence-electron chi connectivity index (χ1n) is 7.53. The lowest BCUT2D eigenvalue weighted by Crippen LogP contribution is -1.82. The van der Waals surface area contributed by atoms with Crippen LogP contribution in [0.25, 0.3) is 0 Å². The Morgan fingerprint density at radius 1 is 0.833 bits per heavy atom. The van der Waals surface area contributed by atoms with E-state index in [0.717, 1.165) is 12.8 Å². The third kappa shape index (κ3) is 15.9. The average Bonchev–Trinajstić information content (AvgIpc) is 2.34. The minimum Gasteiger partial charge on any atom is -0.303 e. The zero-order chi connectivity index (χ0) is 13.5. The van der Waals surface area contributed by atoms with E-state index in [4.69, 9.17) is 4.55 Å². The van der Waals surface area contributed by atoms with Crippen molar-refractivity contribution in [3.05, 3.63) is 11.5 Å². The van der Waals surface area contributed by atoms with Crippen molar-refractivity contribution in [2.75, 3.05) is 0 Å². The maximum absolute atomic E-state index is 10.3. The molecule has 108 valence electrons. The molecule has 1 N–H and O–H groups in total. The highest BCUT2D eigenvalue weighted by atomic mass is 32.2. The Hall–Kier alpha value is -0.150. The zero-order valence-electron chi connectivity index (χ0n) is 11.9. The molecule has 0 rings (SSSR count). The van der Waals surface area contributed by atoms with Crippen LogP contribution in [0.5, 0.6) is 0 Å². The minimum atomic E-state index is -1.76. The number of hydrogen-bond acceptors (Lipinski definition) is 1. The van der Waals surface area contributed by atoms with Gasteiger partial charge in [0, 0.05) is 5.41 Å². The fraction of sp³-hybridized carbons (Fsp3) is 0.867. The molecule has 0 aromatic heterocycles. The molecule has 0 heterocycles. The second-order valence-corrected chi connectivity index (χ2v) is 5.80. The highest BCUT2D eigenvalue weighted by Gasteiger charge is 1.92. The Balaban J connectivity index is 3.01. The van der Waals surface area contributed by atoms with E-state index in [-0.39, 0.29) is 0 Å². The van der Waals surface area contributed by atoms with Gasteiger partial charge in [-0.15, -0.1) is 0 Å². The molecule has 0 saturated carbocycles. The monoisotopic (exact) mass is 274 g/mol. The summed E-state index contributed by atoms with van der Waals surface area (Å²) >= 11 is -1.76. The van der Waals surface area contributed by atoms with Gasteiger partial charge >= 0.3 is 0 Å². The molecule has 0 radical (unpaired) electrons. The molecule has 0 amide bonds. The van der Waals surface area contributed by atoms with Crippen LogP contribution in [0.4, 0.5) is 0 Å². The lowest BCUT2D eigenvalue weighted by atomic mass is 10.1. The van der Waals surface area contributed by atoms with Gasteiger partial charge < -0.3 is 4.55 Å². The highest BCUT2D eigenvalue weighted by Crippen LogP contribution is 2.11. The van der Waals surface area contributed by atoms with Crippen LogP contribution in [0.15, 0.2) is 11.5 Å². The topological polar surface area (TPSA) is 37.3 Å². The molecule has 0 aliphatic rings. The lowest BCUT2D eigenvalue weighted by molar-refractivity contribution is 0.550. The van der Waals surface area contributed by atoms with E-state index in [0.29, 0.717) is 0 Å². The second kappa shape index (κ2) is 14.9. The fourth-order valence-corrected chi connectivity index (χ4v) is 2.38. The summed E-state index contributed by atoms with van der Waals surface area (Å²) in [7, 11) is 0. The molecule has 18 heavy (non-hydrogen) atoms. The molecule has 3 heteroatoms. The molecule has 0 saturated heterocycles. The predicted octanol–water partition coefficient (Wildman–Crippen LogP) is 5.42. The molecule has 0 aliphatic heterocycles. The molecular formula is C15H30O2S. The van der Waals surface area contributed by atoms with Crippen molar-refractivity contribution in [3.63, 3.8) is 0 Å². The van der Waals surface area contributed by atoms with Crippen LogP contribution >= 0.6 is 0 Å². The number of unbranched alkanes of at least 4 members (excludes halogenated alkanes) is 11. The van der Waals surface area contributed by atoms with Crippen LogP contribution in [-0.2, 0) is 11.1 Å². The Morgan fingerprint density at radius 3 is 1.72 bits per heavy atom. The average molecular weight is 274 g/mol. The molecule has 0 spiro atoms. The van der Waals surface area contributed by atoms with Crippen molar-refractivity contribution in [1.82, 2.24) is 0 Å². The summed E-state index contributed by atoms with van der Waals surface area (Å²) in [6.45, 7) is 2.26. The third-order valence-corrected chi connectivity index (χ3v) is 3.61. The smallest absolute Gasteiger partial charge is 0.178 e. The van der Waals surface area contributed by atoms with Crippen molar-refractivity contribution >= 4 is 11.1 Å². The van der Waals surface area contributed by atoms with E-state index < -0.39 is 11.1 Å². The summed E-state index contributed by atoms with van der Waals surface area (Å²) in [4.78, 5) is 0. The van der Waals surface area contributed by atoms with E-state index >= 15 is 0 Å². The molecule has 0 fully saturated rings. The third-order valence-electron chi connectivity index (χ3n) is 3.19. The Bertz CT molecular complexity index is 215. The Kier molecular flexibility index (Phi) is 14.8. The molecule has 1 atom stereocenters. The van der Waals surface area contributed by atoms with E-state index in [1.165, 1.54) is 69.6 Å². The van der Waals surface area contributed by atoms with E-state index in [1.807, 2.05) is 6.08 Å². The van der Waals surface area contributed by atoms with Crippen LogP contribution in [-0.4, -0.2) is 8.76 Å². The standard InChI is InChI=1S/C15H30O2S/c1-2-3-4-5-6-7-8-9-10-11-12-13-14-15-18(16)17/h14-15H,2-13H2,1H3,(H,16,17). The molecular weight excluding hydrogens is 244 g/mol. The molecule has 0 aromatic carbocycles. The van der Waals surface area contributed by atoms with Gasteiger partial charge in [-0.2, -0.15) is 0 Å². The van der Waals surface area contributed by atoms with E-state index in [9.17, 15) is 4.21 Å². The first-order valence-corrected chi connectivity index (χ1v) is 8.70. The molecule has 2 nitrogen and oxygen atoms in total. The van der Waals surface area contributed by atoms with Crippen LogP contribution in [0.3, 0.4) is 0 Å². The number of allylic oxidation sites excluding steroid dienone is 1. The van der Waals surface area contributed by atoms with Gasteiger partial charge in [-0.1, -0.05) is 77.2 Å². The highest BCUT2D eigenvalue weighted by molar-refractivity contribution is 7.82. The predicted molar refractivity (Wildman–Crippen MR) is 81.0 cm³/mol. The van der Waals surface area contributed by atoms with Crippen molar-refractivity contribution in [2.24, 2.45) is 0 Å². The number of hydrogen-bond donors (Lipinski definition) is 1. The van der Waals surface area contributed by atoms with Crippen LogP contribution < -0.4 is 0 Å². The van der Waals surface area contributed by atoms with Gasteiger partial charge in [0.05, 0.1) is 0 Å². The van der Waals surface area contributed by atoms with Crippen molar-refractivity contribution < 1.29 is 8.76 Å². The van der Waals surface area contributed by atoms with Crippen LogP contribution in [0.2, 0.25) is 0 Å². The van der Waals surface area contributed by atoms with E-state index in [1.54, 1.807) is 0 Å². The summed E-state index contributed by atoms with van der Waals surface area (Å²) < 4.78 is 18.8. The maximum Gasteiger partial charge on any atom is 0.178 e. The first-order chi connectivity index (χ1) is 8.77. The van der Waals surface area contributed by atoms with Crippen LogP contribution in [0, 0.1) is 0 Å². The van der Waals surface area contributed by atoms with Crippen molar-refractivity contribution in [1.29, 1.82) is 0 Å².